The third kappa shape index (κ3) is 3.57. The molecule has 17 heavy (non-hydrogen) atoms. The van der Waals surface area contributed by atoms with Crippen LogP contribution in [0.15, 0.2) is 4.47 Å². The lowest BCUT2D eigenvalue weighted by Crippen LogP contribution is -2.13. The number of methoxy groups -OCH3 is 1. The summed E-state index contributed by atoms with van der Waals surface area (Å²) in [5.41, 5.74) is 0.679. The Balaban J connectivity index is 3.33. The molecule has 1 atom stereocenters. The van der Waals surface area contributed by atoms with Gasteiger partial charge in [0.25, 0.3) is 0 Å². The zero-order valence-corrected chi connectivity index (χ0v) is 12.9. The van der Waals surface area contributed by atoms with E-state index in [1.165, 1.54) is 0 Å². The maximum Gasteiger partial charge on any atom is 0.157 e. The highest BCUT2D eigenvalue weighted by atomic mass is 79.9. The number of hydrogen-bond acceptors (Lipinski definition) is 5. The zero-order chi connectivity index (χ0) is 13.2. The van der Waals surface area contributed by atoms with Crippen molar-refractivity contribution in [1.82, 2.24) is 9.97 Å². The van der Waals surface area contributed by atoms with Crippen LogP contribution < -0.4 is 0 Å². The van der Waals surface area contributed by atoms with E-state index < -0.39 is 15.1 Å². The summed E-state index contributed by atoms with van der Waals surface area (Å²) in [4.78, 5) is 6.99. The van der Waals surface area contributed by atoms with Gasteiger partial charge in [-0.1, -0.05) is 12.2 Å². The quantitative estimate of drug-likeness (QED) is 0.850. The Morgan fingerprint density at radius 3 is 2.65 bits per heavy atom. The first-order valence-corrected chi connectivity index (χ1v) is 7.89. The Morgan fingerprint density at radius 1 is 1.59 bits per heavy atom. The predicted molar refractivity (Wildman–Crippen MR) is 71.1 cm³/mol. The van der Waals surface area contributed by atoms with E-state index in [9.17, 15) is 8.42 Å². The maximum atomic E-state index is 11.5. The minimum absolute atomic E-state index is 0.302. The van der Waals surface area contributed by atoms with Gasteiger partial charge in [-0.15, -0.1) is 0 Å². The zero-order valence-electron chi connectivity index (χ0n) is 9.65. The number of nitrogens with one attached hydrogen (secondary N) is 1. The molecule has 96 valence electrons. The van der Waals surface area contributed by atoms with E-state index in [0.29, 0.717) is 27.2 Å². The lowest BCUT2D eigenvalue weighted by Gasteiger charge is -2.12. The molecule has 0 saturated carbocycles. The topological polar surface area (TPSA) is 72.1 Å². The molecule has 1 N–H and O–H groups in total. The minimum atomic E-state index is -3.21. The van der Waals surface area contributed by atoms with Crippen LogP contribution in [0.3, 0.4) is 0 Å². The van der Waals surface area contributed by atoms with Gasteiger partial charge in [0.2, 0.25) is 0 Å². The third-order valence-electron chi connectivity index (χ3n) is 2.27. The summed E-state index contributed by atoms with van der Waals surface area (Å²) in [6, 6.07) is 0. The molecule has 1 rings (SSSR count). The summed E-state index contributed by atoms with van der Waals surface area (Å²) < 4.78 is 28.9. The van der Waals surface area contributed by atoms with E-state index in [4.69, 9.17) is 17.0 Å². The summed E-state index contributed by atoms with van der Waals surface area (Å²) >= 11 is 8.34. The first-order valence-electron chi connectivity index (χ1n) is 4.73. The highest BCUT2D eigenvalue weighted by Gasteiger charge is 2.20. The van der Waals surface area contributed by atoms with Crippen molar-refractivity contribution < 1.29 is 13.2 Å². The van der Waals surface area contributed by atoms with Gasteiger partial charge in [0, 0.05) is 13.4 Å². The molecule has 0 amide bonds. The number of rotatable bonds is 4. The molecule has 0 spiro atoms. The van der Waals surface area contributed by atoms with Crippen LogP contribution in [0.5, 0.6) is 0 Å². The second-order valence-electron chi connectivity index (χ2n) is 3.62. The molecule has 0 aromatic carbocycles. The van der Waals surface area contributed by atoms with Crippen LogP contribution in [-0.2, 0) is 21.2 Å². The van der Waals surface area contributed by atoms with Crippen LogP contribution in [0.4, 0.5) is 0 Å². The lowest BCUT2D eigenvalue weighted by molar-refractivity contribution is 0.180. The SMILES string of the molecule is COCc1[nH]c(C(C)S(C)(=O)=O)nc(=S)c1Br. The van der Waals surface area contributed by atoms with Crippen LogP contribution in [0.1, 0.15) is 23.7 Å². The number of nitrogens with zero attached hydrogens (tertiary/aromatic N) is 1. The molecule has 0 bridgehead atoms. The second kappa shape index (κ2) is 5.55. The van der Waals surface area contributed by atoms with E-state index in [-0.39, 0.29) is 0 Å². The normalized spacial score (nSPS) is 13.6. The molecular weight excluding hydrogens is 328 g/mol. The average Bonchev–Trinajstić information content (AvgIpc) is 2.22. The van der Waals surface area contributed by atoms with Gasteiger partial charge in [-0.2, -0.15) is 0 Å². The van der Waals surface area contributed by atoms with Crippen molar-refractivity contribution in [2.24, 2.45) is 0 Å². The minimum Gasteiger partial charge on any atom is -0.378 e. The lowest BCUT2D eigenvalue weighted by atomic mass is 10.4. The Kier molecular flexibility index (Phi) is 4.82. The van der Waals surface area contributed by atoms with Gasteiger partial charge in [-0.05, 0) is 22.9 Å². The van der Waals surface area contributed by atoms with Gasteiger partial charge in [0.15, 0.2) is 9.84 Å². The summed E-state index contributed by atoms with van der Waals surface area (Å²) in [5, 5.41) is -0.729. The van der Waals surface area contributed by atoms with Crippen molar-refractivity contribution in [2.75, 3.05) is 13.4 Å². The number of sulfone groups is 1. The molecule has 0 radical (unpaired) electrons. The Labute approximate surface area is 114 Å². The number of aromatic amines is 1. The second-order valence-corrected chi connectivity index (χ2v) is 7.17. The van der Waals surface area contributed by atoms with Crippen LogP contribution >= 0.6 is 28.1 Å². The van der Waals surface area contributed by atoms with Gasteiger partial charge >= 0.3 is 0 Å². The molecule has 1 aromatic heterocycles. The van der Waals surface area contributed by atoms with Crippen LogP contribution in [-0.4, -0.2) is 31.8 Å². The molecule has 1 heterocycles. The van der Waals surface area contributed by atoms with E-state index in [2.05, 4.69) is 25.9 Å². The molecular formula is C9H13BrN2O3S2. The molecule has 5 nitrogen and oxygen atoms in total. The fourth-order valence-corrected chi connectivity index (χ4v) is 2.21. The van der Waals surface area contributed by atoms with Crippen molar-refractivity contribution in [3.05, 3.63) is 20.6 Å². The molecule has 1 aromatic rings. The molecule has 0 aliphatic heterocycles. The van der Waals surface area contributed by atoms with Gasteiger partial charge in [0.05, 0.1) is 16.8 Å². The van der Waals surface area contributed by atoms with E-state index >= 15 is 0 Å². The highest BCUT2D eigenvalue weighted by molar-refractivity contribution is 9.10. The van der Waals surface area contributed by atoms with Crippen LogP contribution in [0.25, 0.3) is 0 Å². The highest BCUT2D eigenvalue weighted by Crippen LogP contribution is 2.22. The number of halogens is 1. The van der Waals surface area contributed by atoms with Gasteiger partial charge in [0.1, 0.15) is 15.7 Å². The number of hydrogen-bond donors (Lipinski definition) is 1. The fraction of sp³-hybridized carbons (Fsp3) is 0.556. The first kappa shape index (κ1) is 14.7. The smallest absolute Gasteiger partial charge is 0.157 e. The average molecular weight is 341 g/mol. The van der Waals surface area contributed by atoms with E-state index in [1.807, 2.05) is 0 Å². The monoisotopic (exact) mass is 340 g/mol. The van der Waals surface area contributed by atoms with Crippen molar-refractivity contribution >= 4 is 38.0 Å². The number of H-pyrrole nitrogens is 1. The summed E-state index contributed by atoms with van der Waals surface area (Å²) in [7, 11) is -1.67. The van der Waals surface area contributed by atoms with E-state index in [0.717, 1.165) is 6.26 Å². The summed E-state index contributed by atoms with van der Waals surface area (Å²) in [6.07, 6.45) is 1.16. The first-order chi connectivity index (χ1) is 7.77. The molecule has 0 saturated heterocycles. The molecule has 8 heteroatoms. The Morgan fingerprint density at radius 2 is 2.18 bits per heavy atom. The van der Waals surface area contributed by atoms with Gasteiger partial charge in [-0.3, -0.25) is 0 Å². The van der Waals surface area contributed by atoms with Crippen molar-refractivity contribution in [1.29, 1.82) is 0 Å². The van der Waals surface area contributed by atoms with Gasteiger partial charge < -0.3 is 9.72 Å². The number of ether oxygens (including phenoxy) is 1. The standard InChI is InChI=1S/C9H13BrN2O3S2/c1-5(17(3,13)14)8-11-6(4-15-2)7(10)9(16)12-8/h5H,4H2,1-3H3,(H,11,12,16). The fourth-order valence-electron chi connectivity index (χ4n) is 1.16. The van der Waals surface area contributed by atoms with Crippen LogP contribution in [0.2, 0.25) is 0 Å². The number of aromatic nitrogens is 2. The largest absolute Gasteiger partial charge is 0.378 e. The van der Waals surface area contributed by atoms with Crippen LogP contribution in [0, 0.1) is 4.64 Å². The molecule has 1 unspecified atom stereocenters. The van der Waals surface area contributed by atoms with Crippen molar-refractivity contribution in [3.63, 3.8) is 0 Å². The van der Waals surface area contributed by atoms with Crippen molar-refractivity contribution in [2.45, 2.75) is 18.8 Å². The Bertz CT molecular complexity index is 568. The van der Waals surface area contributed by atoms with Gasteiger partial charge in [-0.25, -0.2) is 13.4 Å². The molecule has 0 aliphatic rings. The summed E-state index contributed by atoms with van der Waals surface area (Å²) in [5.74, 6) is 0.327. The third-order valence-corrected chi connectivity index (χ3v) is 5.19. The molecule has 0 aliphatic carbocycles. The maximum absolute atomic E-state index is 11.5. The molecule has 0 fully saturated rings. The van der Waals surface area contributed by atoms with Crippen molar-refractivity contribution in [3.8, 4) is 0 Å². The predicted octanol–water partition coefficient (Wildman–Crippen LogP) is 2.15. The van der Waals surface area contributed by atoms with E-state index in [1.54, 1.807) is 14.0 Å². The Hall–Kier alpha value is -0.310. The summed E-state index contributed by atoms with van der Waals surface area (Å²) in [6.45, 7) is 1.86.